The zero-order valence-electron chi connectivity index (χ0n) is 33.4. The predicted octanol–water partition coefficient (Wildman–Crippen LogP) is 3.58. The van der Waals surface area contributed by atoms with E-state index in [1.54, 1.807) is 12.1 Å². The van der Waals surface area contributed by atoms with Gasteiger partial charge in [-0.2, -0.15) is 0 Å². The van der Waals surface area contributed by atoms with E-state index in [9.17, 15) is 9.59 Å². The number of ether oxygens (including phenoxy) is 13. The predicted molar refractivity (Wildman–Crippen MR) is 205 cm³/mol. The molecule has 0 atom stereocenters. The molecule has 0 amide bonds. The molecule has 55 heavy (non-hydrogen) atoms. The summed E-state index contributed by atoms with van der Waals surface area (Å²) >= 11 is 0. The van der Waals surface area contributed by atoms with Crippen LogP contribution in [0, 0.1) is 0 Å². The van der Waals surface area contributed by atoms with Crippen LogP contribution in [0.3, 0.4) is 0 Å². The lowest BCUT2D eigenvalue weighted by Crippen LogP contribution is -2.16. The third-order valence-electron chi connectivity index (χ3n) is 7.11. The molecule has 0 bridgehead atoms. The minimum Gasteiger partial charge on any atom is -0.463 e. The monoisotopic (exact) mass is 791 g/mol. The van der Waals surface area contributed by atoms with Gasteiger partial charge in [0.05, 0.1) is 151 Å². The Morgan fingerprint density at radius 1 is 0.418 bits per heavy atom. The summed E-state index contributed by atoms with van der Waals surface area (Å²) in [7, 11) is 0. The highest BCUT2D eigenvalue weighted by Gasteiger charge is 2.07. The largest absolute Gasteiger partial charge is 0.463 e. The quantitative estimate of drug-likeness (QED) is 0.0753. The summed E-state index contributed by atoms with van der Waals surface area (Å²) in [5.41, 5.74) is 1.51. The standard InChI is InChI=1S/C39H69NO15/c1-3-5-11-40-37-9-7-36(8-10-37)39(42)55-35-33-53-31-29-51-27-25-49-23-21-47-19-17-45-15-13-43-12-14-44-16-18-46-20-22-48-24-26-50-28-30-52-32-34-54-38(41)6-4-2/h7-10,40H,3-6,11-35H2,1-2H3. The maximum Gasteiger partial charge on any atom is 0.338 e. The zero-order valence-corrected chi connectivity index (χ0v) is 33.4. The van der Waals surface area contributed by atoms with Gasteiger partial charge in [0.1, 0.15) is 13.2 Å². The lowest BCUT2D eigenvalue weighted by molar-refractivity contribution is -0.145. The van der Waals surface area contributed by atoms with Crippen molar-refractivity contribution in [1.82, 2.24) is 0 Å². The van der Waals surface area contributed by atoms with Crippen molar-refractivity contribution < 1.29 is 71.2 Å². The number of anilines is 1. The van der Waals surface area contributed by atoms with Crippen molar-refractivity contribution >= 4 is 17.6 Å². The highest BCUT2D eigenvalue weighted by Crippen LogP contribution is 2.11. The zero-order chi connectivity index (χ0) is 39.5. The molecule has 0 saturated heterocycles. The number of hydrogen-bond acceptors (Lipinski definition) is 16. The molecule has 0 aliphatic rings. The van der Waals surface area contributed by atoms with Crippen molar-refractivity contribution in [2.75, 3.05) is 170 Å². The van der Waals surface area contributed by atoms with Crippen LogP contribution < -0.4 is 5.32 Å². The average molecular weight is 792 g/mol. The summed E-state index contributed by atoms with van der Waals surface area (Å²) in [5.74, 6) is -0.558. The molecule has 320 valence electrons. The molecule has 1 N–H and O–H groups in total. The van der Waals surface area contributed by atoms with Crippen LogP contribution >= 0.6 is 0 Å². The molecule has 0 heterocycles. The first-order chi connectivity index (χ1) is 27.2. The molecule has 0 aromatic heterocycles. The van der Waals surface area contributed by atoms with Crippen molar-refractivity contribution in [3.05, 3.63) is 29.8 Å². The fraction of sp³-hybridized carbons (Fsp3) is 0.795. The van der Waals surface area contributed by atoms with Gasteiger partial charge in [0, 0.05) is 18.7 Å². The second-order valence-electron chi connectivity index (χ2n) is 11.7. The number of rotatable bonds is 43. The van der Waals surface area contributed by atoms with Gasteiger partial charge in [0.15, 0.2) is 0 Å². The van der Waals surface area contributed by atoms with E-state index in [1.165, 1.54) is 0 Å². The molecule has 0 spiro atoms. The van der Waals surface area contributed by atoms with Gasteiger partial charge in [-0.3, -0.25) is 4.79 Å². The van der Waals surface area contributed by atoms with Gasteiger partial charge in [0.2, 0.25) is 0 Å². The smallest absolute Gasteiger partial charge is 0.338 e. The average Bonchev–Trinajstić information content (AvgIpc) is 3.19. The number of carbonyl (C=O) groups excluding carboxylic acids is 2. The lowest BCUT2D eigenvalue weighted by atomic mass is 10.2. The van der Waals surface area contributed by atoms with Gasteiger partial charge in [-0.05, 0) is 37.1 Å². The maximum absolute atomic E-state index is 12.1. The van der Waals surface area contributed by atoms with E-state index in [4.69, 9.17) is 61.6 Å². The van der Waals surface area contributed by atoms with Gasteiger partial charge in [-0.25, -0.2) is 4.79 Å². The molecule has 1 rings (SSSR count). The molecule has 0 radical (unpaired) electrons. The molecule has 16 nitrogen and oxygen atoms in total. The molecule has 0 saturated carbocycles. The van der Waals surface area contributed by atoms with Crippen LogP contribution in [0.2, 0.25) is 0 Å². The molecular formula is C39H69NO15. The number of carbonyl (C=O) groups is 2. The minimum atomic E-state index is -0.365. The second kappa shape index (κ2) is 41.2. The Labute approximate surface area is 328 Å². The van der Waals surface area contributed by atoms with Gasteiger partial charge in [0.25, 0.3) is 0 Å². The van der Waals surface area contributed by atoms with Crippen molar-refractivity contribution in [2.45, 2.75) is 39.5 Å². The Morgan fingerprint density at radius 3 is 1.04 bits per heavy atom. The van der Waals surface area contributed by atoms with Crippen molar-refractivity contribution in [3.63, 3.8) is 0 Å². The van der Waals surface area contributed by atoms with E-state index in [2.05, 4.69) is 12.2 Å². The van der Waals surface area contributed by atoms with Gasteiger partial charge < -0.3 is 66.9 Å². The van der Waals surface area contributed by atoms with Gasteiger partial charge >= 0.3 is 11.9 Å². The van der Waals surface area contributed by atoms with E-state index in [1.807, 2.05) is 19.1 Å². The van der Waals surface area contributed by atoms with Crippen LogP contribution in [0.1, 0.15) is 49.9 Å². The summed E-state index contributed by atoms with van der Waals surface area (Å²) in [5, 5.41) is 3.32. The number of hydrogen-bond donors (Lipinski definition) is 1. The van der Waals surface area contributed by atoms with Crippen LogP contribution in [0.15, 0.2) is 24.3 Å². The van der Waals surface area contributed by atoms with Crippen molar-refractivity contribution in [3.8, 4) is 0 Å². The molecule has 1 aromatic carbocycles. The van der Waals surface area contributed by atoms with Crippen molar-refractivity contribution in [1.29, 1.82) is 0 Å². The molecule has 0 fully saturated rings. The Kier molecular flexibility index (Phi) is 37.8. The van der Waals surface area contributed by atoms with Crippen LogP contribution in [0.25, 0.3) is 0 Å². The summed E-state index contributed by atoms with van der Waals surface area (Å²) in [6, 6.07) is 7.28. The van der Waals surface area contributed by atoms with Crippen LogP contribution in [-0.4, -0.2) is 177 Å². The fourth-order valence-electron chi connectivity index (χ4n) is 4.20. The van der Waals surface area contributed by atoms with E-state index >= 15 is 0 Å². The van der Waals surface area contributed by atoms with E-state index in [0.717, 1.165) is 31.5 Å². The van der Waals surface area contributed by atoms with E-state index in [0.29, 0.717) is 157 Å². The number of unbranched alkanes of at least 4 members (excludes halogenated alkanes) is 1. The lowest BCUT2D eigenvalue weighted by Gasteiger charge is -2.09. The third-order valence-corrected chi connectivity index (χ3v) is 7.11. The van der Waals surface area contributed by atoms with Crippen LogP contribution in [-0.2, 0) is 66.4 Å². The summed E-state index contributed by atoms with van der Waals surface area (Å²) in [4.78, 5) is 23.3. The molecule has 0 aliphatic carbocycles. The summed E-state index contributed by atoms with van der Waals surface area (Å²) < 4.78 is 70.3. The first-order valence-corrected chi connectivity index (χ1v) is 19.7. The maximum atomic E-state index is 12.1. The summed E-state index contributed by atoms with van der Waals surface area (Å²) in [6.45, 7) is 15.5. The molecule has 1 aromatic rings. The van der Waals surface area contributed by atoms with E-state index < -0.39 is 0 Å². The Balaban J connectivity index is 1.68. The fourth-order valence-corrected chi connectivity index (χ4v) is 4.20. The first-order valence-electron chi connectivity index (χ1n) is 19.7. The Hall–Kier alpha value is -2.48. The summed E-state index contributed by atoms with van der Waals surface area (Å²) in [6.07, 6.45) is 3.45. The number of esters is 2. The molecule has 0 unspecified atom stereocenters. The number of nitrogens with one attached hydrogen (secondary N) is 1. The molecule has 16 heteroatoms. The van der Waals surface area contributed by atoms with Crippen LogP contribution in [0.5, 0.6) is 0 Å². The van der Waals surface area contributed by atoms with Crippen LogP contribution in [0.4, 0.5) is 5.69 Å². The Bertz CT molecular complexity index is 973. The first kappa shape index (κ1) is 50.5. The van der Waals surface area contributed by atoms with Crippen molar-refractivity contribution in [2.24, 2.45) is 0 Å². The molecule has 0 aliphatic heterocycles. The Morgan fingerprint density at radius 2 is 0.727 bits per heavy atom. The minimum absolute atomic E-state index is 0.185. The van der Waals surface area contributed by atoms with E-state index in [-0.39, 0.29) is 25.2 Å². The van der Waals surface area contributed by atoms with Gasteiger partial charge in [-0.1, -0.05) is 20.3 Å². The second-order valence-corrected chi connectivity index (χ2v) is 11.7. The topological polar surface area (TPSA) is 166 Å². The number of benzene rings is 1. The molecular weight excluding hydrogens is 722 g/mol. The van der Waals surface area contributed by atoms with Gasteiger partial charge in [-0.15, -0.1) is 0 Å². The normalized spacial score (nSPS) is 11.2. The SMILES string of the molecule is CCCCNc1ccc(C(=O)OCCOCCOCCOCCOCCOCCOCCOCCOCCOCCOCCOCCOC(=O)CCC)cc1. The third kappa shape index (κ3) is 35.7. The highest BCUT2D eigenvalue weighted by atomic mass is 16.6. The highest BCUT2D eigenvalue weighted by molar-refractivity contribution is 5.89.